The van der Waals surface area contributed by atoms with Crippen molar-refractivity contribution >= 4 is 11.8 Å². The molecule has 8 nitrogen and oxygen atoms in total. The quantitative estimate of drug-likeness (QED) is 0.475. The molecule has 0 saturated carbocycles. The van der Waals surface area contributed by atoms with E-state index in [0.717, 1.165) is 0 Å². The topological polar surface area (TPSA) is 99.9 Å². The van der Waals surface area contributed by atoms with Crippen LogP contribution in [0.1, 0.15) is 0 Å². The number of hydrogen-bond acceptors (Lipinski definition) is 6. The molecule has 0 aliphatic carbocycles. The van der Waals surface area contributed by atoms with Gasteiger partial charge in [0, 0.05) is 26.4 Å². The fourth-order valence-electron chi connectivity index (χ4n) is 1.21. The first-order valence-electron chi connectivity index (χ1n) is 5.32. The van der Waals surface area contributed by atoms with Gasteiger partial charge in [0.25, 0.3) is 5.69 Å². The molecule has 0 aromatic heterocycles. The molecule has 0 spiro atoms. The number of hydrogen-bond donors (Lipinski definition) is 1. The number of nitro groups is 1. The van der Waals surface area contributed by atoms with Crippen LogP contribution in [0.3, 0.4) is 0 Å². The van der Waals surface area contributed by atoms with Gasteiger partial charge in [-0.05, 0) is 12.1 Å². The number of carbonyl (C=O) groups excluding carboxylic acids is 1. The van der Waals surface area contributed by atoms with E-state index in [1.54, 1.807) is 0 Å². The SMILES string of the molecule is COC(CNC(=O)Oc1ccc([N+](=O)[O-])cc1)OC. The van der Waals surface area contributed by atoms with E-state index in [2.05, 4.69) is 5.32 Å². The molecule has 0 unspecified atom stereocenters. The fourth-order valence-corrected chi connectivity index (χ4v) is 1.21. The Hall–Kier alpha value is -2.19. The van der Waals surface area contributed by atoms with Crippen molar-refractivity contribution < 1.29 is 23.9 Å². The lowest BCUT2D eigenvalue weighted by molar-refractivity contribution is -0.384. The van der Waals surface area contributed by atoms with E-state index in [1.165, 1.54) is 38.5 Å². The van der Waals surface area contributed by atoms with Gasteiger partial charge in [-0.2, -0.15) is 0 Å². The molecule has 0 atom stereocenters. The van der Waals surface area contributed by atoms with Gasteiger partial charge in [-0.25, -0.2) is 4.79 Å². The van der Waals surface area contributed by atoms with E-state index in [-0.39, 0.29) is 18.0 Å². The standard InChI is InChI=1S/C11H14N2O6/c1-17-10(18-2)7-12-11(14)19-9-5-3-8(4-6-9)13(15)16/h3-6,10H,7H2,1-2H3,(H,12,14). The van der Waals surface area contributed by atoms with Crippen LogP contribution in [0.5, 0.6) is 5.75 Å². The summed E-state index contributed by atoms with van der Waals surface area (Å²) in [6.07, 6.45) is -1.27. The summed E-state index contributed by atoms with van der Waals surface area (Å²) in [4.78, 5) is 21.3. The number of benzene rings is 1. The van der Waals surface area contributed by atoms with Crippen molar-refractivity contribution in [2.24, 2.45) is 0 Å². The molecule has 19 heavy (non-hydrogen) atoms. The summed E-state index contributed by atoms with van der Waals surface area (Å²) in [6, 6.07) is 5.16. The van der Waals surface area contributed by atoms with Crippen LogP contribution < -0.4 is 10.1 Å². The first-order chi connectivity index (χ1) is 9.06. The van der Waals surface area contributed by atoms with Crippen LogP contribution in [0.4, 0.5) is 10.5 Å². The number of rotatable bonds is 6. The van der Waals surface area contributed by atoms with Crippen molar-refractivity contribution in [3.05, 3.63) is 34.4 Å². The highest BCUT2D eigenvalue weighted by Gasteiger charge is 2.10. The molecule has 0 radical (unpaired) electrons. The van der Waals surface area contributed by atoms with E-state index in [0.29, 0.717) is 0 Å². The van der Waals surface area contributed by atoms with Crippen LogP contribution in [0.2, 0.25) is 0 Å². The molecule has 104 valence electrons. The molecule has 1 rings (SSSR count). The Morgan fingerprint density at radius 1 is 1.32 bits per heavy atom. The molecular formula is C11H14N2O6. The number of ether oxygens (including phenoxy) is 3. The molecule has 1 aromatic carbocycles. The summed E-state index contributed by atoms with van der Waals surface area (Å²) < 4.78 is 14.7. The van der Waals surface area contributed by atoms with Crippen LogP contribution in [-0.2, 0) is 9.47 Å². The Morgan fingerprint density at radius 3 is 2.37 bits per heavy atom. The number of nitrogens with zero attached hydrogens (tertiary/aromatic N) is 1. The number of nitro benzene ring substituents is 1. The van der Waals surface area contributed by atoms with E-state index < -0.39 is 17.3 Å². The summed E-state index contributed by atoms with van der Waals surface area (Å²) >= 11 is 0. The second-order valence-corrected chi connectivity index (χ2v) is 3.42. The molecule has 0 heterocycles. The van der Waals surface area contributed by atoms with Gasteiger partial charge in [-0.15, -0.1) is 0 Å². The molecule has 0 bridgehead atoms. The number of methoxy groups -OCH3 is 2. The first kappa shape index (κ1) is 14.9. The number of amides is 1. The highest BCUT2D eigenvalue weighted by Crippen LogP contribution is 2.17. The number of nitrogens with one attached hydrogen (secondary N) is 1. The number of carbonyl (C=O) groups is 1. The minimum atomic E-state index is -0.701. The largest absolute Gasteiger partial charge is 0.412 e. The summed E-state index contributed by atoms with van der Waals surface area (Å²) in [5.74, 6) is 0.203. The van der Waals surface area contributed by atoms with Crippen molar-refractivity contribution in [2.45, 2.75) is 6.29 Å². The van der Waals surface area contributed by atoms with Gasteiger partial charge in [0.05, 0.1) is 11.5 Å². The van der Waals surface area contributed by atoms with E-state index in [4.69, 9.17) is 14.2 Å². The lowest BCUT2D eigenvalue weighted by Crippen LogP contribution is -2.35. The zero-order valence-electron chi connectivity index (χ0n) is 10.5. The smallest absolute Gasteiger partial charge is 0.410 e. The Kier molecular flexibility index (Phi) is 5.71. The molecule has 0 saturated heterocycles. The van der Waals surface area contributed by atoms with Crippen LogP contribution in [0.25, 0.3) is 0 Å². The monoisotopic (exact) mass is 270 g/mol. The summed E-state index contributed by atoms with van der Waals surface area (Å²) in [6.45, 7) is 0.124. The minimum Gasteiger partial charge on any atom is -0.410 e. The van der Waals surface area contributed by atoms with Crippen molar-refractivity contribution in [1.29, 1.82) is 0 Å². The van der Waals surface area contributed by atoms with Gasteiger partial charge in [0.15, 0.2) is 6.29 Å². The Labute approximate surface area is 109 Å². The molecule has 0 aliphatic heterocycles. The zero-order valence-corrected chi connectivity index (χ0v) is 10.5. The van der Waals surface area contributed by atoms with Crippen LogP contribution in [0.15, 0.2) is 24.3 Å². The predicted octanol–water partition coefficient (Wildman–Crippen LogP) is 1.30. The van der Waals surface area contributed by atoms with Crippen molar-refractivity contribution in [3.8, 4) is 5.75 Å². The predicted molar refractivity (Wildman–Crippen MR) is 64.9 cm³/mol. The maximum atomic E-state index is 11.4. The van der Waals surface area contributed by atoms with Gasteiger partial charge < -0.3 is 19.5 Å². The molecule has 0 aliphatic rings. The first-order valence-corrected chi connectivity index (χ1v) is 5.32. The average Bonchev–Trinajstić information content (AvgIpc) is 2.40. The maximum Gasteiger partial charge on any atom is 0.412 e. The molecule has 8 heteroatoms. The van der Waals surface area contributed by atoms with Gasteiger partial charge in [-0.3, -0.25) is 10.1 Å². The Balaban J connectivity index is 2.46. The van der Waals surface area contributed by atoms with E-state index in [1.807, 2.05) is 0 Å². The molecule has 0 fully saturated rings. The summed E-state index contributed by atoms with van der Waals surface area (Å²) in [5.41, 5.74) is -0.0772. The van der Waals surface area contributed by atoms with Crippen LogP contribution >= 0.6 is 0 Å². The van der Waals surface area contributed by atoms with Gasteiger partial charge in [-0.1, -0.05) is 0 Å². The molecular weight excluding hydrogens is 256 g/mol. The van der Waals surface area contributed by atoms with Crippen LogP contribution in [0, 0.1) is 10.1 Å². The lowest BCUT2D eigenvalue weighted by atomic mass is 10.3. The fraction of sp³-hybridized carbons (Fsp3) is 0.364. The van der Waals surface area contributed by atoms with Crippen molar-refractivity contribution in [1.82, 2.24) is 5.32 Å². The molecule has 1 amide bonds. The van der Waals surface area contributed by atoms with Crippen molar-refractivity contribution in [2.75, 3.05) is 20.8 Å². The van der Waals surface area contributed by atoms with Gasteiger partial charge >= 0.3 is 6.09 Å². The summed E-state index contributed by atoms with van der Waals surface area (Å²) in [5, 5.41) is 12.9. The zero-order chi connectivity index (χ0) is 14.3. The molecule has 1 N–H and O–H groups in total. The third kappa shape index (κ3) is 4.90. The van der Waals surface area contributed by atoms with E-state index in [9.17, 15) is 14.9 Å². The van der Waals surface area contributed by atoms with Crippen molar-refractivity contribution in [3.63, 3.8) is 0 Å². The van der Waals surface area contributed by atoms with E-state index >= 15 is 0 Å². The third-order valence-corrected chi connectivity index (χ3v) is 2.20. The number of non-ortho nitro benzene ring substituents is 1. The normalized spacial score (nSPS) is 10.3. The highest BCUT2D eigenvalue weighted by atomic mass is 16.7. The second kappa shape index (κ2) is 7.29. The van der Waals surface area contributed by atoms with Gasteiger partial charge in [0.2, 0.25) is 0 Å². The average molecular weight is 270 g/mol. The van der Waals surface area contributed by atoms with Gasteiger partial charge in [0.1, 0.15) is 5.75 Å². The molecule has 1 aromatic rings. The summed E-state index contributed by atoms with van der Waals surface area (Å²) in [7, 11) is 2.88. The lowest BCUT2D eigenvalue weighted by Gasteiger charge is -2.13. The Morgan fingerprint density at radius 2 is 1.89 bits per heavy atom. The third-order valence-electron chi connectivity index (χ3n) is 2.20. The highest BCUT2D eigenvalue weighted by molar-refractivity contribution is 5.70. The minimum absolute atomic E-state index is 0.0772. The maximum absolute atomic E-state index is 11.4. The Bertz CT molecular complexity index is 429. The van der Waals surface area contributed by atoms with Crippen LogP contribution in [-0.4, -0.2) is 38.1 Å². The second-order valence-electron chi connectivity index (χ2n) is 3.42.